The van der Waals surface area contributed by atoms with Crippen LogP contribution >= 0.6 is 0 Å². The minimum absolute atomic E-state index is 0. The summed E-state index contributed by atoms with van der Waals surface area (Å²) < 4.78 is 29.2. The van der Waals surface area contributed by atoms with Crippen molar-refractivity contribution in [3.05, 3.63) is 47.5 Å². The van der Waals surface area contributed by atoms with Crippen molar-refractivity contribution in [1.29, 1.82) is 0 Å². The fraction of sp³-hybridized carbons (Fsp3) is 0.647. The maximum absolute atomic E-state index is 13.7. The van der Waals surface area contributed by atoms with E-state index in [4.69, 9.17) is 0 Å². The number of benzene rings is 2. The van der Waals surface area contributed by atoms with Crippen LogP contribution in [0.3, 0.4) is 0 Å². The van der Waals surface area contributed by atoms with Crippen molar-refractivity contribution in [2.24, 2.45) is 0 Å². The zero-order valence-electron chi connectivity index (χ0n) is 26.7. The summed E-state index contributed by atoms with van der Waals surface area (Å²) >= 11 is 0. The molecule has 0 radical (unpaired) electrons. The van der Waals surface area contributed by atoms with Gasteiger partial charge in [-0.3, -0.25) is 0 Å². The lowest BCUT2D eigenvalue weighted by atomic mass is 10.0. The lowest BCUT2D eigenvalue weighted by Crippen LogP contribution is -3.00. The quantitative estimate of drug-likeness (QED) is 0.161. The van der Waals surface area contributed by atoms with E-state index in [2.05, 4.69) is 54.2 Å². The molecule has 2 aromatic carbocycles. The monoisotopic (exact) mass is 626 g/mol. The van der Waals surface area contributed by atoms with Crippen LogP contribution in [0.25, 0.3) is 11.1 Å². The first kappa shape index (κ1) is 37.9. The summed E-state index contributed by atoms with van der Waals surface area (Å²) in [6.07, 6.45) is 15.6. The molecular weight excluding hydrogens is 571 g/mol. The van der Waals surface area contributed by atoms with E-state index in [0.717, 1.165) is 57.4 Å². The highest BCUT2D eigenvalue weighted by Gasteiger charge is 2.34. The largest absolute Gasteiger partial charge is 1.00 e. The molecule has 0 atom stereocenters. The van der Waals surface area contributed by atoms with Gasteiger partial charge in [0.1, 0.15) is 13.1 Å². The smallest absolute Gasteiger partial charge is 0.207 e. The van der Waals surface area contributed by atoms with Crippen molar-refractivity contribution in [2.45, 2.75) is 114 Å². The van der Waals surface area contributed by atoms with Gasteiger partial charge in [0.2, 0.25) is 9.84 Å². The van der Waals surface area contributed by atoms with Crippen LogP contribution in [0.5, 0.6) is 0 Å². The van der Waals surface area contributed by atoms with E-state index >= 15 is 0 Å². The number of sulfone groups is 1. The highest BCUT2D eigenvalue weighted by molar-refractivity contribution is 7.92. The molecule has 0 fully saturated rings. The molecule has 0 N–H and O–H groups in total. The lowest BCUT2D eigenvalue weighted by Gasteiger charge is -2.30. The average molecular weight is 628 g/mol. The van der Waals surface area contributed by atoms with Gasteiger partial charge in [-0.05, 0) is 37.8 Å². The number of nitrogens with zero attached hydrogens (tertiary/aromatic N) is 2. The van der Waals surface area contributed by atoms with E-state index in [0.29, 0.717) is 9.79 Å². The van der Waals surface area contributed by atoms with E-state index in [9.17, 15) is 8.42 Å². The van der Waals surface area contributed by atoms with Crippen LogP contribution in [0.2, 0.25) is 0 Å². The third-order valence-electron chi connectivity index (χ3n) is 8.42. The first-order valence-corrected chi connectivity index (χ1v) is 17.1. The molecule has 41 heavy (non-hydrogen) atoms. The Morgan fingerprint density at radius 2 is 0.878 bits per heavy atom. The second-order valence-electron chi connectivity index (χ2n) is 13.3. The molecule has 0 aromatic heterocycles. The Balaban J connectivity index is 0.00000420. The number of unbranched alkanes of at least 4 members (excludes halogenated alkanes) is 10. The molecule has 0 saturated heterocycles. The molecular formula is C34H56Cl2N2O2S. The summed E-state index contributed by atoms with van der Waals surface area (Å²) in [5.41, 5.74) is 3.95. The molecule has 1 heterocycles. The number of halogens is 2. The Kier molecular flexibility index (Phi) is 16.0. The van der Waals surface area contributed by atoms with Crippen LogP contribution in [0, 0.1) is 0 Å². The van der Waals surface area contributed by atoms with Crippen molar-refractivity contribution >= 4 is 9.84 Å². The Morgan fingerprint density at radius 3 is 1.24 bits per heavy atom. The maximum atomic E-state index is 13.7. The predicted molar refractivity (Wildman–Crippen MR) is 165 cm³/mol. The molecule has 7 heteroatoms. The van der Waals surface area contributed by atoms with E-state index in [1.54, 1.807) is 0 Å². The number of fused-ring (bicyclic) bond motifs is 3. The Hall–Kier alpha value is -1.11. The summed E-state index contributed by atoms with van der Waals surface area (Å²) in [4.78, 5) is 0.986. The third-order valence-corrected chi connectivity index (χ3v) is 10.3. The van der Waals surface area contributed by atoms with Gasteiger partial charge in [-0.25, -0.2) is 8.42 Å². The topological polar surface area (TPSA) is 34.1 Å². The maximum Gasteiger partial charge on any atom is 0.207 e. The van der Waals surface area contributed by atoms with Gasteiger partial charge in [-0.15, -0.1) is 0 Å². The van der Waals surface area contributed by atoms with Gasteiger partial charge in [0.25, 0.3) is 0 Å². The Labute approximate surface area is 264 Å². The van der Waals surface area contributed by atoms with E-state index in [-0.39, 0.29) is 24.8 Å². The van der Waals surface area contributed by atoms with Gasteiger partial charge in [0.05, 0.1) is 51.1 Å². The van der Waals surface area contributed by atoms with Gasteiger partial charge >= 0.3 is 0 Å². The standard InChI is InChI=1S/C34H56N2O2S.2ClH/c1-7-9-11-13-15-17-23-35(3,4)27-29-19-21-31-32-22-20-30(26-34(32)39(37,38)33(31)25-29)28-36(5,6)24-18-16-14-12-10-8-2;;/h19-22,25-26H,7-18,23-24,27-28H2,1-6H3;2*1H/q+2;;/p-2. The molecule has 234 valence electrons. The van der Waals surface area contributed by atoms with E-state index in [1.165, 1.54) is 77.0 Å². The third kappa shape index (κ3) is 11.2. The average Bonchev–Trinajstić information content (AvgIpc) is 3.09. The van der Waals surface area contributed by atoms with E-state index in [1.807, 2.05) is 24.3 Å². The number of quaternary nitrogens is 2. The number of hydrogen-bond donors (Lipinski definition) is 0. The minimum Gasteiger partial charge on any atom is -1.00 e. The highest BCUT2D eigenvalue weighted by Crippen LogP contribution is 2.44. The molecule has 2 aromatic rings. The molecule has 1 aliphatic rings. The predicted octanol–water partition coefficient (Wildman–Crippen LogP) is 2.38. The molecule has 0 spiro atoms. The molecule has 0 unspecified atom stereocenters. The first-order chi connectivity index (χ1) is 18.5. The van der Waals surface area contributed by atoms with Crippen molar-refractivity contribution < 1.29 is 42.2 Å². The molecule has 0 bridgehead atoms. The van der Waals surface area contributed by atoms with Gasteiger partial charge in [-0.1, -0.05) is 89.5 Å². The van der Waals surface area contributed by atoms with Crippen molar-refractivity contribution in [2.75, 3.05) is 41.3 Å². The molecule has 4 nitrogen and oxygen atoms in total. The van der Waals surface area contributed by atoms with Crippen LogP contribution in [-0.4, -0.2) is 58.7 Å². The number of rotatable bonds is 18. The normalized spacial score (nSPS) is 13.7. The SMILES string of the molecule is CCCCCCCC[N+](C)(C)Cc1ccc2c(c1)S(=O)(=O)c1cc(C[N+](C)(C)CCCCCCCC)ccc1-2.[Cl-].[Cl-]. The summed E-state index contributed by atoms with van der Waals surface area (Å²) in [6, 6.07) is 12.3. The summed E-state index contributed by atoms with van der Waals surface area (Å²) in [7, 11) is 5.56. The van der Waals surface area contributed by atoms with Crippen LogP contribution < -0.4 is 24.8 Å². The van der Waals surface area contributed by atoms with Crippen LogP contribution in [-0.2, 0) is 22.9 Å². The number of hydrogen-bond acceptors (Lipinski definition) is 2. The zero-order chi connectivity index (χ0) is 28.5. The Morgan fingerprint density at radius 1 is 0.537 bits per heavy atom. The van der Waals surface area contributed by atoms with Crippen molar-refractivity contribution in [3.8, 4) is 11.1 Å². The fourth-order valence-corrected chi connectivity index (χ4v) is 7.91. The molecule has 0 amide bonds. The van der Waals surface area contributed by atoms with Gasteiger partial charge in [-0.2, -0.15) is 0 Å². The van der Waals surface area contributed by atoms with Gasteiger partial charge in [0, 0.05) is 22.3 Å². The zero-order valence-corrected chi connectivity index (χ0v) is 29.0. The fourth-order valence-electron chi connectivity index (χ4n) is 6.13. The van der Waals surface area contributed by atoms with Gasteiger partial charge in [0.15, 0.2) is 0 Å². The Bertz CT molecular complexity index is 1090. The minimum atomic E-state index is -3.49. The molecule has 0 saturated carbocycles. The second-order valence-corrected chi connectivity index (χ2v) is 15.2. The summed E-state index contributed by atoms with van der Waals surface area (Å²) in [6.45, 7) is 8.45. The summed E-state index contributed by atoms with van der Waals surface area (Å²) in [5, 5.41) is 0. The second kappa shape index (κ2) is 17.3. The highest BCUT2D eigenvalue weighted by atomic mass is 35.5. The van der Waals surface area contributed by atoms with Crippen LogP contribution in [0.1, 0.15) is 102 Å². The molecule has 1 aliphatic heterocycles. The molecule has 0 aliphatic carbocycles. The van der Waals surface area contributed by atoms with Gasteiger partial charge < -0.3 is 33.8 Å². The molecule has 3 rings (SSSR count). The van der Waals surface area contributed by atoms with E-state index < -0.39 is 9.84 Å². The van der Waals surface area contributed by atoms with Crippen LogP contribution in [0.15, 0.2) is 46.2 Å². The van der Waals surface area contributed by atoms with Crippen molar-refractivity contribution in [3.63, 3.8) is 0 Å². The first-order valence-electron chi connectivity index (χ1n) is 15.6. The summed E-state index contributed by atoms with van der Waals surface area (Å²) in [5.74, 6) is 0. The van der Waals surface area contributed by atoms with Crippen molar-refractivity contribution in [1.82, 2.24) is 0 Å². The van der Waals surface area contributed by atoms with Crippen LogP contribution in [0.4, 0.5) is 0 Å². The lowest BCUT2D eigenvalue weighted by molar-refractivity contribution is -0.903.